The molecule has 4 heterocycles. The topological polar surface area (TPSA) is 62.5 Å². The van der Waals surface area contributed by atoms with Gasteiger partial charge in [-0.15, -0.1) is 11.3 Å². The summed E-state index contributed by atoms with van der Waals surface area (Å²) >= 11 is 3.34. The van der Waals surface area contributed by atoms with E-state index < -0.39 is 0 Å². The van der Waals surface area contributed by atoms with E-state index in [1.54, 1.807) is 29.6 Å². The SMILES string of the molecule is Cc1noc(C)c1C(=O)N1CCN(c2nc(-c3ccsc3)cs2)CC1. The lowest BCUT2D eigenvalue weighted by molar-refractivity contribution is 0.0744. The zero-order chi connectivity index (χ0) is 17.4. The lowest BCUT2D eigenvalue weighted by Gasteiger charge is -2.34. The van der Waals surface area contributed by atoms with Crippen molar-refractivity contribution < 1.29 is 9.32 Å². The van der Waals surface area contributed by atoms with Crippen molar-refractivity contribution in [3.8, 4) is 11.3 Å². The maximum absolute atomic E-state index is 12.7. The average Bonchev–Trinajstić information content (AvgIpc) is 3.35. The summed E-state index contributed by atoms with van der Waals surface area (Å²) < 4.78 is 5.12. The van der Waals surface area contributed by atoms with Crippen LogP contribution in [0.5, 0.6) is 0 Å². The molecule has 3 aromatic rings. The summed E-state index contributed by atoms with van der Waals surface area (Å²) in [5, 5.41) is 11.2. The Labute approximate surface area is 153 Å². The van der Waals surface area contributed by atoms with Gasteiger partial charge in [0.25, 0.3) is 5.91 Å². The van der Waals surface area contributed by atoms with Gasteiger partial charge in [0.15, 0.2) is 5.13 Å². The zero-order valence-electron chi connectivity index (χ0n) is 14.1. The fourth-order valence-electron chi connectivity index (χ4n) is 3.00. The van der Waals surface area contributed by atoms with Crippen LogP contribution >= 0.6 is 22.7 Å². The molecule has 0 bridgehead atoms. The minimum Gasteiger partial charge on any atom is -0.361 e. The summed E-state index contributed by atoms with van der Waals surface area (Å²) in [4.78, 5) is 21.6. The molecular formula is C17H18N4O2S2. The number of aromatic nitrogens is 2. The quantitative estimate of drug-likeness (QED) is 0.703. The van der Waals surface area contributed by atoms with E-state index in [0.717, 1.165) is 23.9 Å². The molecule has 0 aromatic carbocycles. The number of hydrogen-bond acceptors (Lipinski definition) is 7. The minimum absolute atomic E-state index is 0.00833. The largest absolute Gasteiger partial charge is 0.361 e. The highest BCUT2D eigenvalue weighted by atomic mass is 32.1. The monoisotopic (exact) mass is 374 g/mol. The van der Waals surface area contributed by atoms with Gasteiger partial charge >= 0.3 is 0 Å². The van der Waals surface area contributed by atoms with Crippen molar-refractivity contribution in [3.63, 3.8) is 0 Å². The van der Waals surface area contributed by atoms with Crippen LogP contribution in [0.25, 0.3) is 11.3 Å². The number of carbonyl (C=O) groups is 1. The second-order valence-corrected chi connectivity index (χ2v) is 7.62. The van der Waals surface area contributed by atoms with Gasteiger partial charge in [-0.3, -0.25) is 4.79 Å². The Bertz CT molecular complexity index is 857. The van der Waals surface area contributed by atoms with Gasteiger partial charge < -0.3 is 14.3 Å². The van der Waals surface area contributed by atoms with Crippen LogP contribution in [0.15, 0.2) is 26.7 Å². The number of hydrogen-bond donors (Lipinski definition) is 0. The van der Waals surface area contributed by atoms with E-state index in [9.17, 15) is 4.79 Å². The summed E-state index contributed by atoms with van der Waals surface area (Å²) in [5.74, 6) is 0.597. The van der Waals surface area contributed by atoms with Gasteiger partial charge in [-0.1, -0.05) is 5.16 Å². The van der Waals surface area contributed by atoms with Crippen molar-refractivity contribution in [2.24, 2.45) is 0 Å². The number of nitrogens with zero attached hydrogens (tertiary/aromatic N) is 4. The molecule has 6 nitrogen and oxygen atoms in total. The Morgan fingerprint density at radius 3 is 2.64 bits per heavy atom. The smallest absolute Gasteiger partial charge is 0.259 e. The van der Waals surface area contributed by atoms with E-state index in [0.29, 0.717) is 30.1 Å². The molecule has 0 saturated carbocycles. The lowest BCUT2D eigenvalue weighted by Crippen LogP contribution is -2.49. The molecule has 0 N–H and O–H groups in total. The van der Waals surface area contributed by atoms with E-state index in [2.05, 4.69) is 32.3 Å². The Morgan fingerprint density at radius 1 is 1.20 bits per heavy atom. The second-order valence-electron chi connectivity index (χ2n) is 6.01. The maximum atomic E-state index is 12.7. The van der Waals surface area contributed by atoms with Crippen LogP contribution in [-0.2, 0) is 0 Å². The normalized spacial score (nSPS) is 15.0. The second kappa shape index (κ2) is 6.61. The number of rotatable bonds is 3. The summed E-state index contributed by atoms with van der Waals surface area (Å²) in [7, 11) is 0. The molecule has 0 aliphatic carbocycles. The van der Waals surface area contributed by atoms with Crippen LogP contribution < -0.4 is 4.90 Å². The number of amides is 1. The molecule has 0 unspecified atom stereocenters. The van der Waals surface area contributed by atoms with Crippen molar-refractivity contribution in [1.29, 1.82) is 0 Å². The fourth-order valence-corrected chi connectivity index (χ4v) is 4.54. The molecule has 8 heteroatoms. The van der Waals surface area contributed by atoms with Crippen LogP contribution in [0.1, 0.15) is 21.8 Å². The first-order valence-electron chi connectivity index (χ1n) is 8.08. The van der Waals surface area contributed by atoms with Gasteiger partial charge in [0.05, 0.1) is 11.4 Å². The third kappa shape index (κ3) is 3.07. The predicted molar refractivity (Wildman–Crippen MR) is 99.5 cm³/mol. The summed E-state index contributed by atoms with van der Waals surface area (Å²) in [6.07, 6.45) is 0. The first-order chi connectivity index (χ1) is 12.1. The Balaban J connectivity index is 1.43. The molecule has 0 radical (unpaired) electrons. The van der Waals surface area contributed by atoms with E-state index >= 15 is 0 Å². The number of thiophene rings is 1. The average molecular weight is 374 g/mol. The third-order valence-corrected chi connectivity index (χ3v) is 5.98. The standard InChI is InChI=1S/C17H18N4O2S2/c1-11-15(12(2)23-19-11)16(22)20-4-6-21(7-5-20)17-18-14(10-25-17)13-3-8-24-9-13/h3,8-10H,4-7H2,1-2H3. The van der Waals surface area contributed by atoms with Gasteiger partial charge in [-0.05, 0) is 25.3 Å². The van der Waals surface area contributed by atoms with Crippen molar-refractivity contribution in [2.45, 2.75) is 13.8 Å². The van der Waals surface area contributed by atoms with Crippen LogP contribution in [0.2, 0.25) is 0 Å². The van der Waals surface area contributed by atoms with Crippen molar-refractivity contribution in [2.75, 3.05) is 31.1 Å². The highest BCUT2D eigenvalue weighted by molar-refractivity contribution is 7.14. The van der Waals surface area contributed by atoms with Crippen molar-refractivity contribution >= 4 is 33.7 Å². The Morgan fingerprint density at radius 2 is 2.00 bits per heavy atom. The van der Waals surface area contributed by atoms with Crippen LogP contribution in [0.4, 0.5) is 5.13 Å². The predicted octanol–water partition coefficient (Wildman–Crippen LogP) is 3.44. The van der Waals surface area contributed by atoms with Crippen molar-refractivity contribution in [3.05, 3.63) is 39.2 Å². The summed E-state index contributed by atoms with van der Waals surface area (Å²) in [5.41, 5.74) is 3.45. The first kappa shape index (κ1) is 16.3. The van der Waals surface area contributed by atoms with Crippen LogP contribution in [0.3, 0.4) is 0 Å². The van der Waals surface area contributed by atoms with Gasteiger partial charge in [-0.25, -0.2) is 4.98 Å². The molecule has 130 valence electrons. The number of anilines is 1. The molecule has 1 aliphatic heterocycles. The van der Waals surface area contributed by atoms with Crippen molar-refractivity contribution in [1.82, 2.24) is 15.0 Å². The number of carbonyl (C=O) groups excluding carboxylic acids is 1. The lowest BCUT2D eigenvalue weighted by atomic mass is 10.1. The van der Waals surface area contributed by atoms with E-state index in [1.165, 1.54) is 5.56 Å². The fraction of sp³-hybridized carbons (Fsp3) is 0.353. The molecule has 4 rings (SSSR count). The van der Waals surface area contributed by atoms with Crippen LogP contribution in [0, 0.1) is 13.8 Å². The maximum Gasteiger partial charge on any atom is 0.259 e. The molecule has 0 atom stereocenters. The van der Waals surface area contributed by atoms with Gasteiger partial charge in [-0.2, -0.15) is 11.3 Å². The number of aryl methyl sites for hydroxylation is 2. The highest BCUT2D eigenvalue weighted by Gasteiger charge is 2.27. The van der Waals surface area contributed by atoms with E-state index in [1.807, 2.05) is 11.8 Å². The minimum atomic E-state index is 0.00833. The third-order valence-electron chi connectivity index (χ3n) is 4.39. The van der Waals surface area contributed by atoms with Gasteiger partial charge in [0.2, 0.25) is 0 Å². The molecule has 1 fully saturated rings. The molecule has 1 aliphatic rings. The zero-order valence-corrected chi connectivity index (χ0v) is 15.7. The molecule has 3 aromatic heterocycles. The highest BCUT2D eigenvalue weighted by Crippen LogP contribution is 2.29. The van der Waals surface area contributed by atoms with Gasteiger partial charge in [0.1, 0.15) is 11.3 Å². The number of thiazole rings is 1. The first-order valence-corrected chi connectivity index (χ1v) is 9.91. The van der Waals surface area contributed by atoms with Gasteiger partial charge in [0, 0.05) is 42.5 Å². The molecule has 0 spiro atoms. The Hall–Kier alpha value is -2.19. The Kier molecular flexibility index (Phi) is 4.30. The van der Waals surface area contributed by atoms with E-state index in [-0.39, 0.29) is 5.91 Å². The molecule has 25 heavy (non-hydrogen) atoms. The molecule has 1 saturated heterocycles. The molecular weight excluding hydrogens is 356 g/mol. The van der Waals surface area contributed by atoms with Crippen LogP contribution in [-0.4, -0.2) is 47.1 Å². The van der Waals surface area contributed by atoms with E-state index in [4.69, 9.17) is 9.51 Å². The molecule has 1 amide bonds. The number of piperazine rings is 1. The summed E-state index contributed by atoms with van der Waals surface area (Å²) in [6.45, 7) is 6.51. The summed E-state index contributed by atoms with van der Waals surface area (Å²) in [6, 6.07) is 2.09.